The molecular weight excluding hydrogens is 178 g/mol. The van der Waals surface area contributed by atoms with E-state index in [0.29, 0.717) is 12.5 Å². The fourth-order valence-corrected chi connectivity index (χ4v) is 2.28. The molecule has 3 N–H and O–H groups in total. The molecule has 0 aromatic carbocycles. The second-order valence-corrected chi connectivity index (χ2v) is 4.30. The van der Waals surface area contributed by atoms with Gasteiger partial charge >= 0.3 is 0 Å². The number of ether oxygens (including phenoxy) is 1. The van der Waals surface area contributed by atoms with Crippen LogP contribution >= 0.6 is 0 Å². The van der Waals surface area contributed by atoms with Crippen LogP contribution in [0.2, 0.25) is 0 Å². The van der Waals surface area contributed by atoms with Crippen molar-refractivity contribution >= 4 is 0 Å². The lowest BCUT2D eigenvalue weighted by molar-refractivity contribution is -0.00421. The molecule has 1 fully saturated rings. The zero-order valence-corrected chi connectivity index (χ0v) is 9.17. The average Bonchev–Trinajstić information content (AvgIpc) is 2.56. The highest BCUT2D eigenvalue weighted by Crippen LogP contribution is 2.36. The summed E-state index contributed by atoms with van der Waals surface area (Å²) < 4.78 is 5.43. The van der Waals surface area contributed by atoms with Crippen molar-refractivity contribution in [3.8, 4) is 0 Å². The molecule has 0 heterocycles. The van der Waals surface area contributed by atoms with Gasteiger partial charge in [-0.15, -0.1) is 0 Å². The van der Waals surface area contributed by atoms with Crippen molar-refractivity contribution in [3.63, 3.8) is 0 Å². The predicted molar refractivity (Wildman–Crippen MR) is 57.1 cm³/mol. The van der Waals surface area contributed by atoms with Crippen LogP contribution in [-0.2, 0) is 4.74 Å². The Balaban J connectivity index is 2.22. The third-order valence-electron chi connectivity index (χ3n) is 3.23. The first-order valence-electron chi connectivity index (χ1n) is 5.73. The van der Waals surface area contributed by atoms with E-state index < -0.39 is 5.60 Å². The van der Waals surface area contributed by atoms with Crippen LogP contribution in [0, 0.1) is 5.92 Å². The summed E-state index contributed by atoms with van der Waals surface area (Å²) >= 11 is 0. The molecule has 1 rings (SSSR count). The molecule has 3 nitrogen and oxygen atoms in total. The predicted octanol–water partition coefficient (Wildman–Crippen LogP) is 1.29. The molecular formula is C11H23NO2. The summed E-state index contributed by atoms with van der Waals surface area (Å²) in [5.74, 6) is 0.351. The maximum Gasteiger partial charge on any atom is 0.0798 e. The Labute approximate surface area is 86.6 Å². The maximum atomic E-state index is 10.1. The van der Waals surface area contributed by atoms with Crippen molar-refractivity contribution in [2.45, 2.75) is 44.6 Å². The first kappa shape index (κ1) is 12.0. The van der Waals surface area contributed by atoms with Gasteiger partial charge in [0.25, 0.3) is 0 Å². The molecule has 1 aliphatic carbocycles. The van der Waals surface area contributed by atoms with Crippen LogP contribution in [0.3, 0.4) is 0 Å². The minimum Gasteiger partial charge on any atom is -0.388 e. The zero-order valence-electron chi connectivity index (χ0n) is 9.17. The third kappa shape index (κ3) is 2.94. The lowest BCUT2D eigenvalue weighted by atomic mass is 9.88. The topological polar surface area (TPSA) is 55.5 Å². The Morgan fingerprint density at radius 3 is 2.93 bits per heavy atom. The molecule has 84 valence electrons. The SMILES string of the molecule is CCCOCCC1CCCC1(O)CN. The van der Waals surface area contributed by atoms with Gasteiger partial charge in [0.15, 0.2) is 0 Å². The quantitative estimate of drug-likeness (QED) is 0.637. The molecule has 2 unspecified atom stereocenters. The van der Waals surface area contributed by atoms with Crippen molar-refractivity contribution in [2.75, 3.05) is 19.8 Å². The molecule has 2 atom stereocenters. The minimum atomic E-state index is -0.602. The van der Waals surface area contributed by atoms with E-state index in [1.165, 1.54) is 0 Å². The van der Waals surface area contributed by atoms with Crippen LogP contribution in [0.25, 0.3) is 0 Å². The van der Waals surface area contributed by atoms with Gasteiger partial charge in [0.2, 0.25) is 0 Å². The van der Waals surface area contributed by atoms with E-state index in [-0.39, 0.29) is 0 Å². The summed E-state index contributed by atoms with van der Waals surface area (Å²) in [7, 11) is 0. The van der Waals surface area contributed by atoms with Gasteiger partial charge in [0.1, 0.15) is 0 Å². The molecule has 1 saturated carbocycles. The molecule has 0 radical (unpaired) electrons. The Morgan fingerprint density at radius 2 is 2.29 bits per heavy atom. The van der Waals surface area contributed by atoms with Gasteiger partial charge in [-0.05, 0) is 31.6 Å². The summed E-state index contributed by atoms with van der Waals surface area (Å²) in [6, 6.07) is 0. The minimum absolute atomic E-state index is 0.351. The van der Waals surface area contributed by atoms with Crippen molar-refractivity contribution < 1.29 is 9.84 Å². The van der Waals surface area contributed by atoms with Crippen molar-refractivity contribution in [2.24, 2.45) is 11.7 Å². The molecule has 0 aromatic rings. The van der Waals surface area contributed by atoms with E-state index in [9.17, 15) is 5.11 Å². The monoisotopic (exact) mass is 201 g/mol. The van der Waals surface area contributed by atoms with E-state index in [4.69, 9.17) is 10.5 Å². The van der Waals surface area contributed by atoms with E-state index >= 15 is 0 Å². The van der Waals surface area contributed by atoms with E-state index in [1.54, 1.807) is 0 Å². The molecule has 0 saturated heterocycles. The fraction of sp³-hybridized carbons (Fsp3) is 1.00. The van der Waals surface area contributed by atoms with Gasteiger partial charge in [-0.3, -0.25) is 0 Å². The van der Waals surface area contributed by atoms with Gasteiger partial charge < -0.3 is 15.6 Å². The summed E-state index contributed by atoms with van der Waals surface area (Å²) in [5.41, 5.74) is 5.00. The Bertz CT molecular complexity index is 163. The molecule has 0 aromatic heterocycles. The van der Waals surface area contributed by atoms with Crippen LogP contribution in [0.5, 0.6) is 0 Å². The van der Waals surface area contributed by atoms with Crippen molar-refractivity contribution in [1.29, 1.82) is 0 Å². The average molecular weight is 201 g/mol. The normalized spacial score (nSPS) is 32.4. The highest BCUT2D eigenvalue weighted by Gasteiger charge is 2.39. The number of rotatable bonds is 6. The number of aliphatic hydroxyl groups is 1. The highest BCUT2D eigenvalue weighted by molar-refractivity contribution is 4.92. The standard InChI is InChI=1S/C11H23NO2/c1-2-7-14-8-5-10-4-3-6-11(10,13)9-12/h10,13H,2-9,12H2,1H3. The smallest absolute Gasteiger partial charge is 0.0798 e. The second-order valence-electron chi connectivity index (χ2n) is 4.30. The van der Waals surface area contributed by atoms with Gasteiger partial charge in [-0.2, -0.15) is 0 Å². The van der Waals surface area contributed by atoms with E-state index in [0.717, 1.165) is 45.3 Å². The van der Waals surface area contributed by atoms with Gasteiger partial charge in [-0.25, -0.2) is 0 Å². The third-order valence-corrected chi connectivity index (χ3v) is 3.23. The first-order chi connectivity index (χ1) is 6.73. The van der Waals surface area contributed by atoms with Gasteiger partial charge in [-0.1, -0.05) is 13.3 Å². The number of hydrogen-bond donors (Lipinski definition) is 2. The summed E-state index contributed by atoms with van der Waals surface area (Å²) in [6.45, 7) is 4.09. The summed E-state index contributed by atoms with van der Waals surface area (Å²) in [6.07, 6.45) is 5.08. The molecule has 0 amide bonds. The van der Waals surface area contributed by atoms with Crippen LogP contribution in [0.15, 0.2) is 0 Å². The van der Waals surface area contributed by atoms with Gasteiger partial charge in [0, 0.05) is 19.8 Å². The summed E-state index contributed by atoms with van der Waals surface area (Å²) in [5, 5.41) is 10.1. The lowest BCUT2D eigenvalue weighted by Gasteiger charge is -2.28. The largest absolute Gasteiger partial charge is 0.388 e. The Kier molecular flexibility index (Phi) is 4.85. The van der Waals surface area contributed by atoms with Crippen LogP contribution < -0.4 is 5.73 Å². The highest BCUT2D eigenvalue weighted by atomic mass is 16.5. The molecule has 14 heavy (non-hydrogen) atoms. The summed E-state index contributed by atoms with van der Waals surface area (Å²) in [4.78, 5) is 0. The fourth-order valence-electron chi connectivity index (χ4n) is 2.28. The zero-order chi connectivity index (χ0) is 10.4. The first-order valence-corrected chi connectivity index (χ1v) is 5.73. The van der Waals surface area contributed by atoms with Crippen LogP contribution in [-0.4, -0.2) is 30.5 Å². The number of nitrogens with two attached hydrogens (primary N) is 1. The molecule has 1 aliphatic rings. The number of hydrogen-bond acceptors (Lipinski definition) is 3. The Hall–Kier alpha value is -0.120. The van der Waals surface area contributed by atoms with Crippen LogP contribution in [0.4, 0.5) is 0 Å². The van der Waals surface area contributed by atoms with E-state index in [2.05, 4.69) is 6.92 Å². The molecule has 0 bridgehead atoms. The molecule has 0 spiro atoms. The maximum absolute atomic E-state index is 10.1. The van der Waals surface area contributed by atoms with Crippen LogP contribution in [0.1, 0.15) is 39.0 Å². The van der Waals surface area contributed by atoms with Crippen molar-refractivity contribution in [1.82, 2.24) is 0 Å². The molecule has 3 heteroatoms. The second kappa shape index (κ2) is 5.69. The Morgan fingerprint density at radius 1 is 1.50 bits per heavy atom. The molecule has 0 aliphatic heterocycles. The lowest BCUT2D eigenvalue weighted by Crippen LogP contribution is -2.41. The van der Waals surface area contributed by atoms with Gasteiger partial charge in [0.05, 0.1) is 5.60 Å². The van der Waals surface area contributed by atoms with Crippen molar-refractivity contribution in [3.05, 3.63) is 0 Å². The van der Waals surface area contributed by atoms with E-state index in [1.807, 2.05) is 0 Å².